The van der Waals surface area contributed by atoms with E-state index in [9.17, 15) is 9.59 Å². The fourth-order valence-electron chi connectivity index (χ4n) is 1.99. The molecule has 0 aromatic heterocycles. The van der Waals surface area contributed by atoms with Crippen molar-refractivity contribution in [1.29, 1.82) is 0 Å². The van der Waals surface area contributed by atoms with Crippen LogP contribution in [0.2, 0.25) is 0 Å². The minimum absolute atomic E-state index is 0.0293. The number of rotatable bonds is 6. The van der Waals surface area contributed by atoms with Crippen LogP contribution in [0.25, 0.3) is 11.1 Å². The number of hydrogen-bond acceptors (Lipinski definition) is 4. The predicted octanol–water partition coefficient (Wildman–Crippen LogP) is 3.85. The number of ether oxygens (including phenoxy) is 2. The van der Waals surface area contributed by atoms with Gasteiger partial charge in [-0.1, -0.05) is 62.4 Å². The van der Waals surface area contributed by atoms with Gasteiger partial charge in [0.05, 0.1) is 12.3 Å². The quantitative estimate of drug-likeness (QED) is 0.600. The highest BCUT2D eigenvalue weighted by molar-refractivity contribution is 5.78. The molecule has 0 amide bonds. The van der Waals surface area contributed by atoms with Crippen LogP contribution in [0, 0.1) is 5.92 Å². The molecule has 0 aliphatic rings. The third-order valence-electron chi connectivity index (χ3n) is 3.22. The minimum Gasteiger partial charge on any atom is -0.465 e. The molecule has 0 radical (unpaired) electrons. The van der Waals surface area contributed by atoms with E-state index < -0.39 is 5.97 Å². The first kappa shape index (κ1) is 16.7. The van der Waals surface area contributed by atoms with Crippen LogP contribution in [0.4, 0.5) is 0 Å². The molecule has 2 rings (SSSR count). The van der Waals surface area contributed by atoms with Crippen molar-refractivity contribution in [3.63, 3.8) is 0 Å². The summed E-state index contributed by atoms with van der Waals surface area (Å²) in [5.41, 5.74) is 1.82. The highest BCUT2D eigenvalue weighted by Gasteiger charge is 2.13. The molecule has 2 aromatic rings. The number of benzene rings is 2. The molecule has 0 saturated carbocycles. The molecule has 23 heavy (non-hydrogen) atoms. The third kappa shape index (κ3) is 4.95. The van der Waals surface area contributed by atoms with Gasteiger partial charge in [-0.25, -0.2) is 0 Å². The Morgan fingerprint density at radius 3 is 2.30 bits per heavy atom. The van der Waals surface area contributed by atoms with Crippen molar-refractivity contribution < 1.29 is 19.1 Å². The van der Waals surface area contributed by atoms with Crippen molar-refractivity contribution in [2.75, 3.05) is 6.61 Å². The summed E-state index contributed by atoms with van der Waals surface area (Å²) >= 11 is 0. The maximum absolute atomic E-state index is 11.9. The number of para-hydroxylation sites is 1. The predicted molar refractivity (Wildman–Crippen MR) is 87.9 cm³/mol. The van der Waals surface area contributed by atoms with Gasteiger partial charge in [0, 0.05) is 5.56 Å². The summed E-state index contributed by atoms with van der Waals surface area (Å²) in [7, 11) is 0. The van der Waals surface area contributed by atoms with E-state index in [-0.39, 0.29) is 24.9 Å². The Hall–Kier alpha value is -2.62. The average molecular weight is 312 g/mol. The molecule has 0 unspecified atom stereocenters. The molecule has 0 saturated heterocycles. The van der Waals surface area contributed by atoms with E-state index in [2.05, 4.69) is 0 Å². The van der Waals surface area contributed by atoms with E-state index in [1.165, 1.54) is 0 Å². The number of hydrogen-bond donors (Lipinski definition) is 0. The van der Waals surface area contributed by atoms with E-state index in [0.717, 1.165) is 11.1 Å². The van der Waals surface area contributed by atoms with Crippen molar-refractivity contribution in [3.05, 3.63) is 54.6 Å². The van der Waals surface area contributed by atoms with E-state index in [1.54, 1.807) is 19.9 Å². The molecule has 0 N–H and O–H groups in total. The van der Waals surface area contributed by atoms with Crippen LogP contribution in [0.3, 0.4) is 0 Å². The summed E-state index contributed by atoms with van der Waals surface area (Å²) in [5.74, 6) is -0.448. The molecule has 0 fully saturated rings. The van der Waals surface area contributed by atoms with Gasteiger partial charge in [-0.2, -0.15) is 0 Å². The van der Waals surface area contributed by atoms with Crippen molar-refractivity contribution in [2.24, 2.45) is 5.92 Å². The van der Waals surface area contributed by atoms with Crippen LogP contribution in [-0.4, -0.2) is 18.5 Å². The zero-order chi connectivity index (χ0) is 16.7. The molecule has 0 aliphatic heterocycles. The second-order valence-electron chi connectivity index (χ2n) is 5.41. The SMILES string of the molecule is CC(C)C(=O)OCCC(=O)Oc1ccccc1-c1ccccc1. The second-order valence-corrected chi connectivity index (χ2v) is 5.41. The van der Waals surface area contributed by atoms with Gasteiger partial charge in [0.2, 0.25) is 0 Å². The standard InChI is InChI=1S/C19H20O4/c1-14(2)19(21)22-13-12-18(20)23-17-11-7-6-10-16(17)15-8-4-3-5-9-15/h3-11,14H,12-13H2,1-2H3. The highest BCUT2D eigenvalue weighted by atomic mass is 16.5. The van der Waals surface area contributed by atoms with Crippen molar-refractivity contribution >= 4 is 11.9 Å². The Labute approximate surface area is 136 Å². The highest BCUT2D eigenvalue weighted by Crippen LogP contribution is 2.29. The smallest absolute Gasteiger partial charge is 0.314 e. The van der Waals surface area contributed by atoms with Crippen LogP contribution in [0.5, 0.6) is 5.75 Å². The van der Waals surface area contributed by atoms with Gasteiger partial charge in [0.1, 0.15) is 12.4 Å². The van der Waals surface area contributed by atoms with Gasteiger partial charge < -0.3 is 9.47 Å². The summed E-state index contributed by atoms with van der Waals surface area (Å²) in [6.07, 6.45) is 0.0293. The molecule has 2 aromatic carbocycles. The van der Waals surface area contributed by atoms with Gasteiger partial charge in [0.15, 0.2) is 0 Å². The lowest BCUT2D eigenvalue weighted by atomic mass is 10.1. The van der Waals surface area contributed by atoms with Gasteiger partial charge >= 0.3 is 11.9 Å². The summed E-state index contributed by atoms with van der Waals surface area (Å²) in [4.78, 5) is 23.3. The Balaban J connectivity index is 1.98. The lowest BCUT2D eigenvalue weighted by Crippen LogP contribution is -2.17. The molecule has 0 aliphatic carbocycles. The first-order valence-electron chi connectivity index (χ1n) is 7.59. The Morgan fingerprint density at radius 1 is 0.957 bits per heavy atom. The van der Waals surface area contributed by atoms with Crippen LogP contribution in [0.15, 0.2) is 54.6 Å². The topological polar surface area (TPSA) is 52.6 Å². The van der Waals surface area contributed by atoms with Crippen LogP contribution >= 0.6 is 0 Å². The second kappa shape index (κ2) is 8.13. The zero-order valence-electron chi connectivity index (χ0n) is 13.3. The van der Waals surface area contributed by atoms with Gasteiger partial charge in [-0.15, -0.1) is 0 Å². The van der Waals surface area contributed by atoms with E-state index >= 15 is 0 Å². The molecule has 4 heteroatoms. The minimum atomic E-state index is -0.426. The molecule has 0 heterocycles. The molecule has 4 nitrogen and oxygen atoms in total. The summed E-state index contributed by atoms with van der Waals surface area (Å²) in [5, 5.41) is 0. The van der Waals surface area contributed by atoms with E-state index in [1.807, 2.05) is 48.5 Å². The Morgan fingerprint density at radius 2 is 1.61 bits per heavy atom. The fraction of sp³-hybridized carbons (Fsp3) is 0.263. The van der Waals surface area contributed by atoms with Gasteiger partial charge in [0.25, 0.3) is 0 Å². The monoisotopic (exact) mass is 312 g/mol. The summed E-state index contributed by atoms with van der Waals surface area (Å²) < 4.78 is 10.4. The lowest BCUT2D eigenvalue weighted by molar-refractivity contribution is -0.149. The van der Waals surface area contributed by atoms with Crippen LogP contribution in [-0.2, 0) is 14.3 Å². The van der Waals surface area contributed by atoms with Crippen molar-refractivity contribution in [3.8, 4) is 16.9 Å². The first-order valence-corrected chi connectivity index (χ1v) is 7.59. The molecule has 0 bridgehead atoms. The molecule has 0 atom stereocenters. The maximum Gasteiger partial charge on any atom is 0.314 e. The fourth-order valence-corrected chi connectivity index (χ4v) is 1.99. The lowest BCUT2D eigenvalue weighted by Gasteiger charge is -2.11. The Kier molecular flexibility index (Phi) is 5.92. The number of esters is 2. The Bertz CT molecular complexity index is 662. The van der Waals surface area contributed by atoms with Gasteiger partial charge in [-0.3, -0.25) is 9.59 Å². The van der Waals surface area contributed by atoms with Gasteiger partial charge in [-0.05, 0) is 11.6 Å². The summed E-state index contributed by atoms with van der Waals surface area (Å²) in [6, 6.07) is 17.1. The number of carbonyl (C=O) groups excluding carboxylic acids is 2. The van der Waals surface area contributed by atoms with Crippen molar-refractivity contribution in [1.82, 2.24) is 0 Å². The third-order valence-corrected chi connectivity index (χ3v) is 3.22. The maximum atomic E-state index is 11.9. The van der Waals surface area contributed by atoms with E-state index in [0.29, 0.717) is 5.75 Å². The zero-order valence-corrected chi connectivity index (χ0v) is 13.3. The molecular weight excluding hydrogens is 292 g/mol. The van der Waals surface area contributed by atoms with Crippen LogP contribution < -0.4 is 4.74 Å². The largest absolute Gasteiger partial charge is 0.465 e. The van der Waals surface area contributed by atoms with Crippen LogP contribution in [0.1, 0.15) is 20.3 Å². The molecule has 0 spiro atoms. The molecule has 120 valence electrons. The first-order chi connectivity index (χ1) is 11.1. The normalized spacial score (nSPS) is 10.4. The summed E-state index contributed by atoms with van der Waals surface area (Å²) in [6.45, 7) is 3.52. The average Bonchev–Trinajstić information content (AvgIpc) is 2.56. The van der Waals surface area contributed by atoms with Crippen molar-refractivity contribution in [2.45, 2.75) is 20.3 Å². The number of carbonyl (C=O) groups is 2. The molecular formula is C19H20O4. The van der Waals surface area contributed by atoms with E-state index in [4.69, 9.17) is 9.47 Å².